The van der Waals surface area contributed by atoms with Crippen molar-refractivity contribution in [1.29, 1.82) is 0 Å². The lowest BCUT2D eigenvalue weighted by molar-refractivity contribution is 0.995. The zero-order valence-corrected chi connectivity index (χ0v) is 49.3. The molecular formula is C66H56S8. The van der Waals surface area contributed by atoms with E-state index in [1.54, 1.807) is 0 Å². The van der Waals surface area contributed by atoms with Gasteiger partial charge in [0.2, 0.25) is 0 Å². The minimum Gasteiger partial charge on any atom is -0.0882 e. The SMILES string of the molecule is Cc1cccc(Sc2c(Sc3cccc(C)c3)c(Sc3cccc(C)c3)c3c(Sc4cccc(C)c4)c(Sc4cccc(C)c4)c(Sc4cccc(C)c4)c(Sc4cccc(C)c4)c3c2Sc2cccc(C)c2)c1. The Kier molecular flexibility index (Phi) is 17.1. The monoisotopic (exact) mass is 1100 g/mol. The molecule has 0 radical (unpaired) electrons. The Labute approximate surface area is 472 Å². The van der Waals surface area contributed by atoms with Gasteiger partial charge in [-0.15, -0.1) is 0 Å². The number of aryl methyl sites for hydroxylation is 8. The molecular weight excluding hydrogens is 1050 g/mol. The van der Waals surface area contributed by atoms with Gasteiger partial charge < -0.3 is 0 Å². The Morgan fingerprint density at radius 1 is 0.176 bits per heavy atom. The third-order valence-electron chi connectivity index (χ3n) is 12.1. The molecule has 0 aliphatic carbocycles. The molecule has 0 aliphatic rings. The Bertz CT molecular complexity index is 3210. The second-order valence-corrected chi connectivity index (χ2v) is 27.4. The maximum absolute atomic E-state index is 2.36. The van der Waals surface area contributed by atoms with Crippen LogP contribution in [0, 0.1) is 55.4 Å². The lowest BCUT2D eigenvalue weighted by Gasteiger charge is -2.28. The van der Waals surface area contributed by atoms with Gasteiger partial charge in [0.15, 0.2) is 0 Å². The summed E-state index contributed by atoms with van der Waals surface area (Å²) in [6, 6.07) is 72.6. The Hall–Kier alpha value is -4.74. The Morgan fingerprint density at radius 2 is 0.311 bits per heavy atom. The first-order chi connectivity index (χ1) is 35.9. The minimum absolute atomic E-state index is 1.22. The highest BCUT2D eigenvalue weighted by atomic mass is 32.2. The van der Waals surface area contributed by atoms with Crippen LogP contribution in [0.15, 0.2) is 272 Å². The van der Waals surface area contributed by atoms with Crippen molar-refractivity contribution in [2.24, 2.45) is 0 Å². The fourth-order valence-corrected chi connectivity index (χ4v) is 19.1. The molecule has 0 spiro atoms. The average Bonchev–Trinajstić information content (AvgIpc) is 3.38. The molecule has 0 N–H and O–H groups in total. The van der Waals surface area contributed by atoms with Gasteiger partial charge in [-0.05, 0) is 152 Å². The van der Waals surface area contributed by atoms with Crippen LogP contribution in [0.5, 0.6) is 0 Å². The van der Waals surface area contributed by atoms with Gasteiger partial charge in [-0.1, -0.05) is 236 Å². The van der Waals surface area contributed by atoms with Gasteiger partial charge in [0.1, 0.15) is 0 Å². The molecule has 0 heterocycles. The summed E-state index contributed by atoms with van der Waals surface area (Å²) in [5, 5.41) is 2.56. The van der Waals surface area contributed by atoms with Crippen LogP contribution < -0.4 is 0 Å². The van der Waals surface area contributed by atoms with Gasteiger partial charge in [-0.2, -0.15) is 0 Å². The molecule has 368 valence electrons. The first-order valence-corrected chi connectivity index (χ1v) is 31.1. The van der Waals surface area contributed by atoms with E-state index in [0.29, 0.717) is 0 Å². The molecule has 0 aromatic heterocycles. The molecule has 0 aliphatic heterocycles. The van der Waals surface area contributed by atoms with E-state index in [1.807, 2.05) is 94.1 Å². The zero-order valence-electron chi connectivity index (χ0n) is 42.7. The van der Waals surface area contributed by atoms with Crippen molar-refractivity contribution in [2.75, 3.05) is 0 Å². The van der Waals surface area contributed by atoms with Crippen molar-refractivity contribution >= 4 is 105 Å². The first-order valence-electron chi connectivity index (χ1n) is 24.6. The third kappa shape index (κ3) is 12.9. The number of benzene rings is 10. The van der Waals surface area contributed by atoms with Crippen molar-refractivity contribution in [1.82, 2.24) is 0 Å². The number of hydrogen-bond acceptors (Lipinski definition) is 8. The van der Waals surface area contributed by atoms with E-state index in [1.165, 1.54) is 134 Å². The van der Waals surface area contributed by atoms with Crippen LogP contribution in [-0.4, -0.2) is 0 Å². The van der Waals surface area contributed by atoms with Crippen LogP contribution in [0.2, 0.25) is 0 Å². The fourth-order valence-electron chi connectivity index (χ4n) is 8.66. The lowest BCUT2D eigenvalue weighted by Crippen LogP contribution is -2.00. The molecule has 0 bridgehead atoms. The van der Waals surface area contributed by atoms with E-state index >= 15 is 0 Å². The molecule has 0 nitrogen and oxygen atoms in total. The summed E-state index contributed by atoms with van der Waals surface area (Å²) in [7, 11) is 0. The second-order valence-electron chi connectivity index (χ2n) is 18.7. The molecule has 10 rings (SSSR count). The molecule has 0 saturated heterocycles. The van der Waals surface area contributed by atoms with E-state index in [-0.39, 0.29) is 0 Å². The van der Waals surface area contributed by atoms with Crippen molar-refractivity contribution < 1.29 is 0 Å². The van der Waals surface area contributed by atoms with Crippen LogP contribution in [0.4, 0.5) is 0 Å². The largest absolute Gasteiger partial charge is 0.0882 e. The van der Waals surface area contributed by atoms with Crippen molar-refractivity contribution in [3.63, 3.8) is 0 Å². The summed E-state index contributed by atoms with van der Waals surface area (Å²) in [6.07, 6.45) is 0. The molecule has 10 aromatic rings. The lowest BCUT2D eigenvalue weighted by atomic mass is 10.1. The third-order valence-corrected chi connectivity index (χ3v) is 21.7. The second kappa shape index (κ2) is 24.1. The molecule has 10 aromatic carbocycles. The van der Waals surface area contributed by atoms with Gasteiger partial charge in [-0.3, -0.25) is 0 Å². The maximum atomic E-state index is 2.36. The maximum Gasteiger partial charge on any atom is 0.0420 e. The summed E-state index contributed by atoms with van der Waals surface area (Å²) in [4.78, 5) is 19.8. The topological polar surface area (TPSA) is 0 Å². The van der Waals surface area contributed by atoms with Crippen LogP contribution in [0.25, 0.3) is 10.8 Å². The van der Waals surface area contributed by atoms with Crippen LogP contribution >= 0.6 is 94.1 Å². The van der Waals surface area contributed by atoms with Gasteiger partial charge >= 0.3 is 0 Å². The normalized spacial score (nSPS) is 11.4. The van der Waals surface area contributed by atoms with Crippen LogP contribution in [-0.2, 0) is 0 Å². The van der Waals surface area contributed by atoms with E-state index in [0.717, 1.165) is 0 Å². The zero-order chi connectivity index (χ0) is 51.3. The minimum atomic E-state index is 1.22. The fraction of sp³-hybridized carbons (Fsp3) is 0.121. The van der Waals surface area contributed by atoms with E-state index in [4.69, 9.17) is 0 Å². The van der Waals surface area contributed by atoms with E-state index in [2.05, 4.69) is 250 Å². The predicted octanol–water partition coefficient (Wildman–Crippen LogP) is 22.5. The average molecular weight is 1110 g/mol. The summed E-state index contributed by atoms with van der Waals surface area (Å²) < 4.78 is 0. The molecule has 0 fully saturated rings. The van der Waals surface area contributed by atoms with Crippen LogP contribution in [0.3, 0.4) is 0 Å². The summed E-state index contributed by atoms with van der Waals surface area (Å²) in [5.74, 6) is 0. The highest BCUT2D eigenvalue weighted by Crippen LogP contribution is 2.63. The smallest absolute Gasteiger partial charge is 0.0420 e. The van der Waals surface area contributed by atoms with E-state index in [9.17, 15) is 0 Å². The van der Waals surface area contributed by atoms with Crippen LogP contribution in [0.1, 0.15) is 44.5 Å². The van der Waals surface area contributed by atoms with Gasteiger partial charge in [0.05, 0.1) is 0 Å². The highest BCUT2D eigenvalue weighted by molar-refractivity contribution is 8.06. The Morgan fingerprint density at radius 3 is 0.446 bits per heavy atom. The molecule has 0 unspecified atom stereocenters. The summed E-state index contributed by atoms with van der Waals surface area (Å²) in [6.45, 7) is 17.7. The van der Waals surface area contributed by atoms with Gasteiger partial charge in [-0.25, -0.2) is 0 Å². The van der Waals surface area contributed by atoms with Gasteiger partial charge in [0, 0.05) is 89.1 Å². The number of fused-ring (bicyclic) bond motifs is 1. The number of hydrogen-bond donors (Lipinski definition) is 0. The van der Waals surface area contributed by atoms with Crippen molar-refractivity contribution in [2.45, 2.75) is 134 Å². The highest BCUT2D eigenvalue weighted by Gasteiger charge is 2.33. The molecule has 74 heavy (non-hydrogen) atoms. The van der Waals surface area contributed by atoms with Crippen molar-refractivity contribution in [3.05, 3.63) is 239 Å². The quantitative estimate of drug-likeness (QED) is 0.0927. The summed E-state index contributed by atoms with van der Waals surface area (Å²) >= 11 is 15.3. The standard InChI is InChI=1S/C66H56S8/c1-41-17-9-25-49(33-41)67-59-57-58(61(69-51-27-11-19-43(3)35-51)64(72-54-30-14-22-46(6)38-54)63(59)71-53-29-13-21-45(5)37-53)62(70-52-28-12-20-44(4)36-52)66(74-56-32-16-24-48(8)40-56)65(73-55-31-15-23-47(7)39-55)60(57)68-50-26-10-18-42(2)34-50/h9-40H,1-8H3. The molecule has 0 amide bonds. The first kappa shape index (κ1) is 52.7. The van der Waals surface area contributed by atoms with E-state index < -0.39 is 0 Å². The molecule has 0 saturated carbocycles. The summed E-state index contributed by atoms with van der Waals surface area (Å²) in [5.41, 5.74) is 9.94. The molecule has 0 atom stereocenters. The number of rotatable bonds is 16. The van der Waals surface area contributed by atoms with Gasteiger partial charge in [0.25, 0.3) is 0 Å². The molecule has 8 heteroatoms. The predicted molar refractivity (Wildman–Crippen MR) is 326 cm³/mol. The van der Waals surface area contributed by atoms with Crippen molar-refractivity contribution in [3.8, 4) is 0 Å². The Balaban J connectivity index is 1.47.